The van der Waals surface area contributed by atoms with Gasteiger partial charge in [-0.1, -0.05) is 19.3 Å². The van der Waals surface area contributed by atoms with Crippen LogP contribution in [0.15, 0.2) is 18.2 Å². The Hall–Kier alpha value is -1.75. The van der Waals surface area contributed by atoms with Gasteiger partial charge in [0.15, 0.2) is 0 Å². The van der Waals surface area contributed by atoms with Crippen molar-refractivity contribution in [2.24, 2.45) is 5.73 Å². The maximum absolute atomic E-state index is 12.3. The average Bonchev–Trinajstić information content (AvgIpc) is 2.47. The minimum absolute atomic E-state index is 0.0778. The number of nitrogens with two attached hydrogens (primary N) is 1. The van der Waals surface area contributed by atoms with Crippen molar-refractivity contribution >= 4 is 11.6 Å². The van der Waals surface area contributed by atoms with Gasteiger partial charge in [0.05, 0.1) is 19.9 Å². The molecule has 1 aliphatic carbocycles. The first-order valence-electron chi connectivity index (χ1n) is 7.37. The zero-order valence-electron chi connectivity index (χ0n) is 12.8. The molecule has 0 unspecified atom stereocenters. The largest absolute Gasteiger partial charge is 0.497 e. The number of hydrogen-bond acceptors (Lipinski definition) is 4. The minimum atomic E-state index is -0.367. The Morgan fingerprint density at radius 1 is 1.24 bits per heavy atom. The summed E-state index contributed by atoms with van der Waals surface area (Å²) in [6, 6.07) is 5.31. The molecular formula is C16H24N2O3. The minimum Gasteiger partial charge on any atom is -0.497 e. The molecule has 0 radical (unpaired) electrons. The van der Waals surface area contributed by atoms with E-state index < -0.39 is 0 Å². The van der Waals surface area contributed by atoms with E-state index in [4.69, 9.17) is 15.2 Å². The van der Waals surface area contributed by atoms with E-state index in [9.17, 15) is 4.79 Å². The lowest BCUT2D eigenvalue weighted by Gasteiger charge is -2.32. The van der Waals surface area contributed by atoms with Crippen LogP contribution in [-0.4, -0.2) is 25.7 Å². The Morgan fingerprint density at radius 2 is 1.95 bits per heavy atom. The monoisotopic (exact) mass is 292 g/mol. The summed E-state index contributed by atoms with van der Waals surface area (Å²) in [5, 5.41) is 2.88. The number of rotatable bonds is 5. The third-order valence-corrected chi connectivity index (χ3v) is 4.04. The van der Waals surface area contributed by atoms with Crippen molar-refractivity contribution in [1.29, 1.82) is 0 Å². The third kappa shape index (κ3) is 4.11. The first-order valence-corrected chi connectivity index (χ1v) is 7.37. The second kappa shape index (κ2) is 6.80. The van der Waals surface area contributed by atoms with Gasteiger partial charge in [-0.3, -0.25) is 4.79 Å². The van der Waals surface area contributed by atoms with Gasteiger partial charge >= 0.3 is 0 Å². The standard InChI is InChI=1S/C16H24N2O3/c1-20-12-6-7-14(21-2)13(10-12)18-15(19)11-16(17)8-4-3-5-9-16/h6-7,10H,3-5,8-9,11,17H2,1-2H3,(H,18,19). The van der Waals surface area contributed by atoms with Crippen molar-refractivity contribution < 1.29 is 14.3 Å². The zero-order chi connectivity index (χ0) is 15.3. The van der Waals surface area contributed by atoms with Gasteiger partial charge in [-0.05, 0) is 25.0 Å². The Morgan fingerprint density at radius 3 is 2.57 bits per heavy atom. The quantitative estimate of drug-likeness (QED) is 0.875. The lowest BCUT2D eigenvalue weighted by molar-refractivity contribution is -0.117. The van der Waals surface area contributed by atoms with E-state index in [2.05, 4.69) is 5.32 Å². The van der Waals surface area contributed by atoms with Crippen molar-refractivity contribution in [3.8, 4) is 11.5 Å². The summed E-state index contributed by atoms with van der Waals surface area (Å²) < 4.78 is 10.4. The van der Waals surface area contributed by atoms with Crippen LogP contribution in [0.1, 0.15) is 38.5 Å². The van der Waals surface area contributed by atoms with E-state index in [1.54, 1.807) is 32.4 Å². The second-order valence-corrected chi connectivity index (χ2v) is 5.71. The molecule has 3 N–H and O–H groups in total. The topological polar surface area (TPSA) is 73.6 Å². The van der Waals surface area contributed by atoms with Gasteiger partial charge in [0.25, 0.3) is 0 Å². The van der Waals surface area contributed by atoms with Gasteiger partial charge < -0.3 is 20.5 Å². The summed E-state index contributed by atoms with van der Waals surface area (Å²) in [7, 11) is 3.16. The molecule has 1 aliphatic rings. The molecule has 0 spiro atoms. The smallest absolute Gasteiger partial charge is 0.226 e. The number of anilines is 1. The number of carbonyl (C=O) groups excluding carboxylic acids is 1. The summed E-state index contributed by atoms with van der Waals surface area (Å²) in [4.78, 5) is 12.3. The summed E-state index contributed by atoms with van der Waals surface area (Å²) in [6.45, 7) is 0. The van der Waals surface area contributed by atoms with Crippen LogP contribution in [0.2, 0.25) is 0 Å². The van der Waals surface area contributed by atoms with Crippen molar-refractivity contribution in [3.05, 3.63) is 18.2 Å². The fourth-order valence-electron chi connectivity index (χ4n) is 2.86. The molecule has 1 aromatic carbocycles. The van der Waals surface area contributed by atoms with Crippen molar-refractivity contribution in [2.75, 3.05) is 19.5 Å². The molecule has 0 atom stereocenters. The first kappa shape index (κ1) is 15.6. The van der Waals surface area contributed by atoms with E-state index in [0.29, 0.717) is 23.6 Å². The van der Waals surface area contributed by atoms with Crippen LogP contribution in [0.5, 0.6) is 11.5 Å². The average molecular weight is 292 g/mol. The van der Waals surface area contributed by atoms with Crippen molar-refractivity contribution in [3.63, 3.8) is 0 Å². The molecule has 0 heterocycles. The zero-order valence-corrected chi connectivity index (χ0v) is 12.8. The molecule has 5 nitrogen and oxygen atoms in total. The molecule has 1 fully saturated rings. The maximum atomic E-state index is 12.3. The lowest BCUT2D eigenvalue weighted by Crippen LogP contribution is -2.44. The van der Waals surface area contributed by atoms with E-state index in [0.717, 1.165) is 25.7 Å². The maximum Gasteiger partial charge on any atom is 0.226 e. The van der Waals surface area contributed by atoms with Crippen LogP contribution < -0.4 is 20.5 Å². The molecule has 0 aromatic heterocycles. The molecular weight excluding hydrogens is 268 g/mol. The van der Waals surface area contributed by atoms with Gasteiger partial charge in [-0.15, -0.1) is 0 Å². The SMILES string of the molecule is COc1ccc(OC)c(NC(=O)CC2(N)CCCCC2)c1. The molecule has 21 heavy (non-hydrogen) atoms. The van der Waals surface area contributed by atoms with Gasteiger partial charge in [0.2, 0.25) is 5.91 Å². The number of ether oxygens (including phenoxy) is 2. The summed E-state index contributed by atoms with van der Waals surface area (Å²) in [5.41, 5.74) is 6.57. The predicted octanol–water partition coefficient (Wildman–Crippen LogP) is 2.69. The number of carbonyl (C=O) groups is 1. The number of amides is 1. The molecule has 116 valence electrons. The number of hydrogen-bond donors (Lipinski definition) is 2. The van der Waals surface area contributed by atoms with Crippen LogP contribution in [0.3, 0.4) is 0 Å². The highest BCUT2D eigenvalue weighted by molar-refractivity contribution is 5.93. The fraction of sp³-hybridized carbons (Fsp3) is 0.562. The highest BCUT2D eigenvalue weighted by Gasteiger charge is 2.30. The molecule has 2 rings (SSSR count). The Labute approximate surface area is 125 Å². The van der Waals surface area contributed by atoms with Gasteiger partial charge in [0.1, 0.15) is 11.5 Å². The first-order chi connectivity index (χ1) is 10.1. The van der Waals surface area contributed by atoms with Crippen LogP contribution in [0.25, 0.3) is 0 Å². The molecule has 1 saturated carbocycles. The van der Waals surface area contributed by atoms with Crippen LogP contribution in [0, 0.1) is 0 Å². The predicted molar refractivity (Wildman–Crippen MR) is 82.8 cm³/mol. The molecule has 0 aliphatic heterocycles. The van der Waals surface area contributed by atoms with Crippen LogP contribution in [-0.2, 0) is 4.79 Å². The van der Waals surface area contributed by atoms with E-state index in [1.807, 2.05) is 0 Å². The fourth-order valence-corrected chi connectivity index (χ4v) is 2.86. The van der Waals surface area contributed by atoms with Gasteiger partial charge in [0, 0.05) is 18.0 Å². The third-order valence-electron chi connectivity index (χ3n) is 4.04. The number of benzene rings is 1. The van der Waals surface area contributed by atoms with E-state index in [1.165, 1.54) is 6.42 Å². The molecule has 0 saturated heterocycles. The Bertz CT molecular complexity index is 496. The molecule has 0 bridgehead atoms. The highest BCUT2D eigenvalue weighted by Crippen LogP contribution is 2.31. The summed E-state index contributed by atoms with van der Waals surface area (Å²) >= 11 is 0. The number of methoxy groups -OCH3 is 2. The van der Waals surface area contributed by atoms with E-state index >= 15 is 0 Å². The normalized spacial score (nSPS) is 17.1. The van der Waals surface area contributed by atoms with Crippen LogP contribution in [0.4, 0.5) is 5.69 Å². The van der Waals surface area contributed by atoms with Crippen molar-refractivity contribution in [1.82, 2.24) is 0 Å². The number of nitrogens with one attached hydrogen (secondary N) is 1. The van der Waals surface area contributed by atoms with Crippen molar-refractivity contribution in [2.45, 2.75) is 44.1 Å². The summed E-state index contributed by atoms with van der Waals surface area (Å²) in [5.74, 6) is 1.20. The van der Waals surface area contributed by atoms with Gasteiger partial charge in [-0.2, -0.15) is 0 Å². The molecule has 1 aromatic rings. The Balaban J connectivity index is 2.04. The van der Waals surface area contributed by atoms with Crippen LogP contribution >= 0.6 is 0 Å². The summed E-state index contributed by atoms with van der Waals surface area (Å²) in [6.07, 6.45) is 5.58. The molecule has 1 amide bonds. The second-order valence-electron chi connectivity index (χ2n) is 5.71. The highest BCUT2D eigenvalue weighted by atomic mass is 16.5. The Kier molecular flexibility index (Phi) is 5.07. The molecule has 5 heteroatoms. The lowest BCUT2D eigenvalue weighted by atomic mass is 9.80. The van der Waals surface area contributed by atoms with E-state index in [-0.39, 0.29) is 11.4 Å². The van der Waals surface area contributed by atoms with Gasteiger partial charge in [-0.25, -0.2) is 0 Å².